The van der Waals surface area contributed by atoms with Crippen molar-refractivity contribution < 1.29 is 33.9 Å². The first-order valence-electron chi connectivity index (χ1n) is 13.3. The van der Waals surface area contributed by atoms with E-state index in [2.05, 4.69) is 62.6 Å². The van der Waals surface area contributed by atoms with Crippen molar-refractivity contribution in [1.29, 1.82) is 5.41 Å². The van der Waals surface area contributed by atoms with Gasteiger partial charge in [-0.15, -0.1) is 12.3 Å². The van der Waals surface area contributed by atoms with Crippen molar-refractivity contribution in [3.8, 4) is 12.3 Å². The zero-order valence-corrected chi connectivity index (χ0v) is 24.8. The molecule has 0 aromatic heterocycles. The molecule has 0 aliphatic rings. The fourth-order valence-electron chi connectivity index (χ4n) is 3.19. The second kappa shape index (κ2) is 26.1. The minimum absolute atomic E-state index is 0.178. The molecule has 0 fully saturated rings. The lowest BCUT2D eigenvalue weighted by Crippen LogP contribution is -2.55. The van der Waals surface area contributed by atoms with E-state index in [1.165, 1.54) is 12.6 Å². The predicted molar refractivity (Wildman–Crippen MR) is 162 cm³/mol. The summed E-state index contributed by atoms with van der Waals surface area (Å²) in [5.41, 5.74) is 5.71. The van der Waals surface area contributed by atoms with E-state index < -0.39 is 60.7 Å². The van der Waals surface area contributed by atoms with Crippen LogP contribution in [0.25, 0.3) is 0 Å². The number of terminal acetylenes is 1. The van der Waals surface area contributed by atoms with Crippen LogP contribution in [0.3, 0.4) is 0 Å². The molecule has 2 unspecified atom stereocenters. The fraction of sp³-hybridized carbons (Fsp3) is 0.464. The SMILES string of the molecule is C#CC[C@H](NC(=O)CNC(=O)C(CC(=O)O)NC)C(=O)NC(CCCNC)C(=O)NCC=O.Cc1ccccc1.N=CN. The van der Waals surface area contributed by atoms with E-state index in [9.17, 15) is 28.8 Å². The Bertz CT molecular complexity index is 1050. The van der Waals surface area contributed by atoms with E-state index in [4.69, 9.17) is 16.9 Å². The minimum atomic E-state index is -1.19. The molecule has 0 saturated heterocycles. The van der Waals surface area contributed by atoms with Crippen molar-refractivity contribution in [1.82, 2.24) is 31.9 Å². The maximum Gasteiger partial charge on any atom is 0.305 e. The summed E-state index contributed by atoms with van der Waals surface area (Å²) in [4.78, 5) is 70.4. The standard InChI is InChI=1S/C20H32N6O7.C7H8.CH4N2/c1-4-6-13(25-16(28)12-24-19(32)15(22-3)11-17(29)30)20(33)26-14(7-5-8-21-2)18(31)23-9-10-27;1-7-5-3-2-4-6-7;2-1-3/h1,10,13-15,21-22H,5-9,11-12H2,2-3H3,(H,23,31)(H,24,32)(H,25,28)(H,26,33)(H,29,30);2-6H,1H3;1H,(H3,2,3)/t13-,14?,15?;;/m0../s1. The van der Waals surface area contributed by atoms with Crippen LogP contribution >= 0.6 is 0 Å². The Labute approximate surface area is 252 Å². The molecule has 43 heavy (non-hydrogen) atoms. The summed E-state index contributed by atoms with van der Waals surface area (Å²) in [6.45, 7) is 1.94. The van der Waals surface area contributed by atoms with Gasteiger partial charge < -0.3 is 47.5 Å². The van der Waals surface area contributed by atoms with Crippen LogP contribution in [-0.2, 0) is 28.8 Å². The molecule has 0 aliphatic carbocycles. The van der Waals surface area contributed by atoms with E-state index >= 15 is 0 Å². The van der Waals surface area contributed by atoms with Crippen LogP contribution in [0, 0.1) is 24.7 Å². The third-order valence-corrected chi connectivity index (χ3v) is 5.29. The normalized spacial score (nSPS) is 11.6. The highest BCUT2D eigenvalue weighted by Gasteiger charge is 2.26. The summed E-state index contributed by atoms with van der Waals surface area (Å²) in [5.74, 6) is -1.63. The van der Waals surface area contributed by atoms with Crippen LogP contribution in [0.2, 0.25) is 0 Å². The highest BCUT2D eigenvalue weighted by molar-refractivity contribution is 5.94. The van der Waals surface area contributed by atoms with Crippen LogP contribution in [0.4, 0.5) is 0 Å². The summed E-state index contributed by atoms with van der Waals surface area (Å²) in [5, 5.41) is 29.7. The van der Waals surface area contributed by atoms with Gasteiger partial charge in [0.2, 0.25) is 23.6 Å². The Balaban J connectivity index is 0. The van der Waals surface area contributed by atoms with Crippen LogP contribution in [0.1, 0.15) is 31.2 Å². The molecule has 1 rings (SSSR count). The number of nitrogens with one attached hydrogen (secondary N) is 7. The maximum atomic E-state index is 12.7. The second-order valence-electron chi connectivity index (χ2n) is 8.73. The van der Waals surface area contributed by atoms with Gasteiger partial charge >= 0.3 is 5.97 Å². The number of likely N-dealkylation sites (N-methyl/N-ethyl adjacent to an activating group) is 1. The Morgan fingerprint density at radius 3 is 2.07 bits per heavy atom. The Kier molecular flexibility index (Phi) is 24.5. The molecule has 0 radical (unpaired) electrons. The van der Waals surface area contributed by atoms with Gasteiger partial charge in [-0.3, -0.25) is 29.4 Å². The van der Waals surface area contributed by atoms with Crippen molar-refractivity contribution in [2.45, 2.75) is 50.7 Å². The van der Waals surface area contributed by atoms with Crippen LogP contribution in [-0.4, -0.2) is 99.2 Å². The molecule has 15 heteroatoms. The van der Waals surface area contributed by atoms with E-state index in [0.717, 1.165) is 6.34 Å². The lowest BCUT2D eigenvalue weighted by Gasteiger charge is -2.22. The number of benzene rings is 1. The monoisotopic (exact) mass is 604 g/mol. The minimum Gasteiger partial charge on any atom is -0.481 e. The summed E-state index contributed by atoms with van der Waals surface area (Å²) >= 11 is 0. The number of rotatable bonds is 17. The van der Waals surface area contributed by atoms with Gasteiger partial charge in [-0.05, 0) is 40.4 Å². The number of carboxylic acid groups (broad SMARTS) is 1. The third-order valence-electron chi connectivity index (χ3n) is 5.29. The number of aldehydes is 1. The van der Waals surface area contributed by atoms with Crippen molar-refractivity contribution in [3.05, 3.63) is 35.9 Å². The van der Waals surface area contributed by atoms with Crippen LogP contribution < -0.4 is 37.6 Å². The third kappa shape index (κ3) is 21.6. The van der Waals surface area contributed by atoms with Gasteiger partial charge in [-0.25, -0.2) is 0 Å². The number of carbonyl (C=O) groups is 6. The van der Waals surface area contributed by atoms with Crippen molar-refractivity contribution in [2.75, 3.05) is 33.7 Å². The van der Waals surface area contributed by atoms with Crippen molar-refractivity contribution in [2.24, 2.45) is 5.73 Å². The molecule has 238 valence electrons. The summed E-state index contributed by atoms with van der Waals surface area (Å²) in [6.07, 6.45) is 6.71. The van der Waals surface area contributed by atoms with Gasteiger partial charge in [0, 0.05) is 6.42 Å². The molecular formula is C28H44N8O7. The molecule has 4 amide bonds. The topological polar surface area (TPSA) is 245 Å². The van der Waals surface area contributed by atoms with E-state index in [0.29, 0.717) is 19.3 Å². The molecule has 0 bridgehead atoms. The average molecular weight is 605 g/mol. The van der Waals surface area contributed by atoms with Crippen molar-refractivity contribution in [3.63, 3.8) is 0 Å². The number of carbonyl (C=O) groups excluding carboxylic acids is 5. The molecular weight excluding hydrogens is 560 g/mol. The van der Waals surface area contributed by atoms with E-state index in [-0.39, 0.29) is 19.4 Å². The van der Waals surface area contributed by atoms with Gasteiger partial charge in [0.25, 0.3) is 0 Å². The lowest BCUT2D eigenvalue weighted by molar-refractivity contribution is -0.140. The Hall–Kier alpha value is -4.81. The number of hydrogen-bond donors (Lipinski definition) is 9. The molecule has 1 aromatic rings. The Morgan fingerprint density at radius 2 is 1.60 bits per heavy atom. The van der Waals surface area contributed by atoms with Gasteiger partial charge in [0.15, 0.2) is 0 Å². The van der Waals surface area contributed by atoms with Crippen LogP contribution in [0.5, 0.6) is 0 Å². The summed E-state index contributed by atoms with van der Waals surface area (Å²) in [7, 11) is 3.14. The highest BCUT2D eigenvalue weighted by atomic mass is 16.4. The zero-order valence-electron chi connectivity index (χ0n) is 24.8. The molecule has 0 saturated carbocycles. The summed E-state index contributed by atoms with van der Waals surface area (Å²) < 4.78 is 0. The molecule has 0 spiro atoms. The summed E-state index contributed by atoms with van der Waals surface area (Å²) in [6, 6.07) is 7.10. The number of amides is 4. The first-order valence-corrected chi connectivity index (χ1v) is 13.3. The predicted octanol–water partition coefficient (Wildman–Crippen LogP) is -1.98. The van der Waals surface area contributed by atoms with Gasteiger partial charge in [-0.2, -0.15) is 0 Å². The largest absolute Gasteiger partial charge is 0.481 e. The smallest absolute Gasteiger partial charge is 0.305 e. The first kappa shape index (κ1) is 40.3. The lowest BCUT2D eigenvalue weighted by atomic mass is 10.1. The maximum absolute atomic E-state index is 12.7. The quantitative estimate of drug-likeness (QED) is 0.0312. The number of hydrogen-bond acceptors (Lipinski definition) is 9. The second-order valence-corrected chi connectivity index (χ2v) is 8.73. The number of carboxylic acids is 1. The number of nitrogens with two attached hydrogens (primary N) is 1. The van der Waals surface area contributed by atoms with Crippen molar-refractivity contribution >= 4 is 42.2 Å². The zero-order chi connectivity index (χ0) is 33.0. The highest BCUT2D eigenvalue weighted by Crippen LogP contribution is 2.01. The van der Waals surface area contributed by atoms with Gasteiger partial charge in [0.1, 0.15) is 18.4 Å². The number of aliphatic carboxylic acids is 1. The van der Waals surface area contributed by atoms with Gasteiger partial charge in [-0.1, -0.05) is 35.9 Å². The average Bonchev–Trinajstić information content (AvgIpc) is 2.97. The first-order chi connectivity index (χ1) is 20.5. The Morgan fingerprint density at radius 1 is 1.00 bits per heavy atom. The molecule has 1 aromatic carbocycles. The fourth-order valence-corrected chi connectivity index (χ4v) is 3.19. The van der Waals surface area contributed by atoms with Crippen LogP contribution in [0.15, 0.2) is 30.3 Å². The van der Waals surface area contributed by atoms with E-state index in [1.807, 2.05) is 18.2 Å². The molecule has 0 aliphatic heterocycles. The molecule has 3 atom stereocenters. The molecule has 10 N–H and O–H groups in total. The van der Waals surface area contributed by atoms with E-state index in [1.54, 1.807) is 7.05 Å². The number of aryl methyl sites for hydroxylation is 1. The molecule has 0 heterocycles. The molecule has 15 nitrogen and oxygen atoms in total. The van der Waals surface area contributed by atoms with Gasteiger partial charge in [0.05, 0.1) is 31.9 Å².